The van der Waals surface area contributed by atoms with Gasteiger partial charge in [0.05, 0.1) is 4.90 Å². The normalized spacial score (nSPS) is 9.57. The topological polar surface area (TPSA) is 81.2 Å². The summed E-state index contributed by atoms with van der Waals surface area (Å²) in [6, 6.07) is 1.60. The average Bonchev–Trinajstić information content (AvgIpc) is 2.04. The lowest BCUT2D eigenvalue weighted by Crippen LogP contribution is -1.97. The predicted octanol–water partition coefficient (Wildman–Crippen LogP) is 0.210. The maximum atomic E-state index is 10.9. The number of hydrogen-bond donors (Lipinski definition) is 0. The molecule has 0 amide bonds. The van der Waals surface area contributed by atoms with Crippen molar-refractivity contribution in [2.24, 2.45) is 0 Å². The first kappa shape index (κ1) is 12.5. The van der Waals surface area contributed by atoms with Crippen LogP contribution in [0.3, 0.4) is 0 Å². The van der Waals surface area contributed by atoms with Crippen LogP contribution in [0, 0.1) is 6.92 Å². The van der Waals surface area contributed by atoms with E-state index in [4.69, 9.17) is 9.59 Å². The lowest BCUT2D eigenvalue weighted by molar-refractivity contribution is -0.191. The first-order valence-corrected chi connectivity index (χ1v) is 5.42. The molecule has 0 aliphatic carbocycles. The van der Waals surface area contributed by atoms with E-state index in [0.717, 1.165) is 5.56 Å². The third kappa shape index (κ3) is 4.49. The standard InChI is InChI=1S/C7H9NO2S.CO2/c1-6-3-7(5-8-4-6)11(2,9)10;2-1-3/h3-5H,1-2H3;. The number of sulfone groups is 1. The lowest BCUT2D eigenvalue weighted by atomic mass is 10.3. The highest BCUT2D eigenvalue weighted by Gasteiger charge is 2.05. The number of nitrogens with zero attached hydrogens (tertiary/aromatic N) is 1. The minimum absolute atomic E-state index is 0.250. The van der Waals surface area contributed by atoms with Gasteiger partial charge in [-0.05, 0) is 18.6 Å². The third-order valence-electron chi connectivity index (χ3n) is 1.28. The van der Waals surface area contributed by atoms with E-state index in [0.29, 0.717) is 0 Å². The van der Waals surface area contributed by atoms with Crippen molar-refractivity contribution in [3.8, 4) is 0 Å². The fourth-order valence-electron chi connectivity index (χ4n) is 0.730. The Morgan fingerprint density at radius 2 is 1.79 bits per heavy atom. The first-order chi connectivity index (χ1) is 6.41. The van der Waals surface area contributed by atoms with E-state index in [-0.39, 0.29) is 11.0 Å². The van der Waals surface area contributed by atoms with Crippen molar-refractivity contribution >= 4 is 16.0 Å². The third-order valence-corrected chi connectivity index (χ3v) is 2.36. The molecule has 1 aromatic heterocycles. The second-order valence-corrected chi connectivity index (χ2v) is 4.57. The minimum atomic E-state index is -3.09. The van der Waals surface area contributed by atoms with Gasteiger partial charge in [-0.25, -0.2) is 8.42 Å². The molecule has 14 heavy (non-hydrogen) atoms. The molecule has 1 rings (SSSR count). The highest BCUT2D eigenvalue weighted by Crippen LogP contribution is 2.07. The fraction of sp³-hybridized carbons (Fsp3) is 0.250. The molecule has 1 heterocycles. The van der Waals surface area contributed by atoms with Crippen molar-refractivity contribution < 1.29 is 18.0 Å². The highest BCUT2D eigenvalue weighted by atomic mass is 32.2. The van der Waals surface area contributed by atoms with Crippen LogP contribution in [0.15, 0.2) is 23.4 Å². The van der Waals surface area contributed by atoms with Gasteiger partial charge in [0.2, 0.25) is 0 Å². The van der Waals surface area contributed by atoms with Gasteiger partial charge in [0.1, 0.15) is 0 Å². The molecule has 0 aromatic carbocycles. The summed E-state index contributed by atoms with van der Waals surface area (Å²) in [7, 11) is -3.09. The van der Waals surface area contributed by atoms with Crippen molar-refractivity contribution in [2.75, 3.05) is 6.26 Å². The molecule has 1 aromatic rings. The monoisotopic (exact) mass is 215 g/mol. The van der Waals surface area contributed by atoms with Gasteiger partial charge < -0.3 is 0 Å². The molecule has 0 aliphatic heterocycles. The van der Waals surface area contributed by atoms with Crippen molar-refractivity contribution in [2.45, 2.75) is 11.8 Å². The van der Waals surface area contributed by atoms with Gasteiger partial charge in [-0.3, -0.25) is 4.98 Å². The maximum Gasteiger partial charge on any atom is 0.373 e. The molecule has 0 saturated carbocycles. The van der Waals surface area contributed by atoms with Gasteiger partial charge >= 0.3 is 6.15 Å². The van der Waals surface area contributed by atoms with E-state index in [9.17, 15) is 8.42 Å². The van der Waals surface area contributed by atoms with Crippen LogP contribution < -0.4 is 0 Å². The van der Waals surface area contributed by atoms with E-state index in [2.05, 4.69) is 4.98 Å². The molecule has 76 valence electrons. The Balaban J connectivity index is 0.000000500. The Morgan fingerprint density at radius 1 is 1.29 bits per heavy atom. The summed E-state index contributed by atoms with van der Waals surface area (Å²) in [5, 5.41) is 0. The molecule has 0 saturated heterocycles. The Morgan fingerprint density at radius 3 is 2.07 bits per heavy atom. The zero-order valence-electron chi connectivity index (χ0n) is 7.72. The number of aromatic nitrogens is 1. The molecule has 0 spiro atoms. The zero-order valence-corrected chi connectivity index (χ0v) is 8.54. The van der Waals surface area contributed by atoms with E-state index >= 15 is 0 Å². The molecule has 0 bridgehead atoms. The van der Waals surface area contributed by atoms with Gasteiger partial charge in [-0.15, -0.1) is 0 Å². The minimum Gasteiger partial charge on any atom is -0.263 e. The van der Waals surface area contributed by atoms with Crippen molar-refractivity contribution in [3.63, 3.8) is 0 Å². The summed E-state index contributed by atoms with van der Waals surface area (Å²) in [5.74, 6) is 0. The number of carbonyl (C=O) groups excluding carboxylic acids is 2. The summed E-state index contributed by atoms with van der Waals surface area (Å²) in [6.07, 6.45) is 4.39. The molecule has 0 N–H and O–H groups in total. The van der Waals surface area contributed by atoms with Gasteiger partial charge in [-0.2, -0.15) is 9.59 Å². The second kappa shape index (κ2) is 5.26. The molecular formula is C8H9NO4S. The van der Waals surface area contributed by atoms with Crippen molar-refractivity contribution in [1.82, 2.24) is 4.98 Å². The van der Waals surface area contributed by atoms with E-state index < -0.39 is 9.84 Å². The molecule has 0 unspecified atom stereocenters. The van der Waals surface area contributed by atoms with Crippen molar-refractivity contribution in [1.29, 1.82) is 0 Å². The van der Waals surface area contributed by atoms with Crippen LogP contribution in [-0.4, -0.2) is 25.8 Å². The fourth-order valence-corrected chi connectivity index (χ4v) is 1.38. The zero-order chi connectivity index (χ0) is 11.2. The Hall–Kier alpha value is -1.52. The molecule has 0 fully saturated rings. The van der Waals surface area contributed by atoms with Gasteiger partial charge in [0, 0.05) is 18.6 Å². The highest BCUT2D eigenvalue weighted by molar-refractivity contribution is 7.90. The molecular weight excluding hydrogens is 206 g/mol. The predicted molar refractivity (Wildman–Crippen MR) is 47.1 cm³/mol. The van der Waals surface area contributed by atoms with Gasteiger partial charge in [-0.1, -0.05) is 0 Å². The van der Waals surface area contributed by atoms with Crippen LogP contribution in [0.2, 0.25) is 0 Å². The Kier molecular flexibility index (Phi) is 4.69. The van der Waals surface area contributed by atoms with Crippen LogP contribution in [0.5, 0.6) is 0 Å². The van der Waals surface area contributed by atoms with Crippen LogP contribution in [0.1, 0.15) is 5.56 Å². The van der Waals surface area contributed by atoms with E-state index in [1.54, 1.807) is 12.3 Å². The summed E-state index contributed by atoms with van der Waals surface area (Å²) in [5.41, 5.74) is 0.855. The molecule has 0 radical (unpaired) electrons. The molecule has 0 aliphatic rings. The number of rotatable bonds is 1. The SMILES string of the molecule is Cc1cncc(S(C)(=O)=O)c1.O=C=O. The summed E-state index contributed by atoms with van der Waals surface area (Å²) in [6.45, 7) is 1.81. The van der Waals surface area contributed by atoms with Crippen LogP contribution in [0.4, 0.5) is 0 Å². The molecule has 5 nitrogen and oxygen atoms in total. The average molecular weight is 215 g/mol. The second-order valence-electron chi connectivity index (χ2n) is 2.55. The van der Waals surface area contributed by atoms with Gasteiger partial charge in [0.25, 0.3) is 0 Å². The van der Waals surface area contributed by atoms with Crippen LogP contribution in [-0.2, 0) is 19.4 Å². The molecule has 6 heteroatoms. The smallest absolute Gasteiger partial charge is 0.263 e. The molecule has 0 atom stereocenters. The van der Waals surface area contributed by atoms with E-state index in [1.807, 2.05) is 6.92 Å². The largest absolute Gasteiger partial charge is 0.373 e. The van der Waals surface area contributed by atoms with Crippen molar-refractivity contribution in [3.05, 3.63) is 24.0 Å². The maximum absolute atomic E-state index is 10.9. The van der Waals surface area contributed by atoms with Crippen LogP contribution in [0.25, 0.3) is 0 Å². The number of pyridine rings is 1. The first-order valence-electron chi connectivity index (χ1n) is 3.53. The quantitative estimate of drug-likeness (QED) is 0.668. The summed E-state index contributed by atoms with van der Waals surface area (Å²) < 4.78 is 21.9. The Labute approximate surface area is 81.7 Å². The number of hydrogen-bond acceptors (Lipinski definition) is 5. The summed E-state index contributed by atoms with van der Waals surface area (Å²) in [4.78, 5) is 20.3. The lowest BCUT2D eigenvalue weighted by Gasteiger charge is -1.96. The Bertz CT molecular complexity index is 432. The van der Waals surface area contributed by atoms with Gasteiger partial charge in [0.15, 0.2) is 9.84 Å². The number of aryl methyl sites for hydroxylation is 1. The van der Waals surface area contributed by atoms with Crippen LogP contribution >= 0.6 is 0 Å². The van der Waals surface area contributed by atoms with E-state index in [1.165, 1.54) is 12.5 Å². The summed E-state index contributed by atoms with van der Waals surface area (Å²) >= 11 is 0.